The number of epoxide rings is 3. The highest BCUT2D eigenvalue weighted by Crippen LogP contribution is 2.83. The molecule has 4 saturated heterocycles. The molecule has 0 aromatic carbocycles. The van der Waals surface area contributed by atoms with Crippen molar-refractivity contribution in [3.05, 3.63) is 11.1 Å². The van der Waals surface area contributed by atoms with Crippen LogP contribution in [0.2, 0.25) is 0 Å². The molecule has 10 atom stereocenters. The summed E-state index contributed by atoms with van der Waals surface area (Å²) in [6.07, 6.45) is 19.2. The normalized spacial score (nSPS) is 37.1. The summed E-state index contributed by atoms with van der Waals surface area (Å²) >= 11 is 0. The number of fused-ring (bicyclic) bond motifs is 4. The highest BCUT2D eigenvalue weighted by molar-refractivity contribution is 8.77. The van der Waals surface area contributed by atoms with E-state index in [0.29, 0.717) is 32.4 Å². The van der Waals surface area contributed by atoms with Gasteiger partial charge in [-0.2, -0.15) is 0 Å². The Kier molecular flexibility index (Phi) is 13.2. The monoisotopic (exact) mass is 844 g/mol. The van der Waals surface area contributed by atoms with Gasteiger partial charge >= 0.3 is 11.9 Å². The van der Waals surface area contributed by atoms with Gasteiger partial charge in [-0.25, -0.2) is 4.79 Å². The number of nitrogens with one attached hydrogen (secondary N) is 2. The second-order valence-corrected chi connectivity index (χ2v) is 21.8. The third-order valence-electron chi connectivity index (χ3n) is 15.3. The molecule has 2 spiro atoms. The molecule has 10 unspecified atom stereocenters. The van der Waals surface area contributed by atoms with E-state index in [4.69, 9.17) is 23.7 Å². The quantitative estimate of drug-likeness (QED) is 0.0427. The van der Waals surface area contributed by atoms with Gasteiger partial charge in [0.2, 0.25) is 11.8 Å². The largest absolute Gasteiger partial charge is 0.458 e. The first kappa shape index (κ1) is 42.9. The van der Waals surface area contributed by atoms with Crippen LogP contribution in [-0.4, -0.2) is 95.7 Å². The van der Waals surface area contributed by atoms with Gasteiger partial charge in [-0.05, 0) is 75.2 Å². The summed E-state index contributed by atoms with van der Waals surface area (Å²) in [6.45, 7) is 8.34. The minimum absolute atomic E-state index is 0.0219. The molecule has 8 aliphatic rings. The van der Waals surface area contributed by atoms with Crippen LogP contribution in [0.25, 0.3) is 0 Å². The van der Waals surface area contributed by atoms with Crippen molar-refractivity contribution in [3.63, 3.8) is 0 Å². The number of esters is 2. The Hall–Kier alpha value is -1.80. The minimum Gasteiger partial charge on any atom is -0.458 e. The zero-order chi connectivity index (χ0) is 40.5. The van der Waals surface area contributed by atoms with Gasteiger partial charge in [0, 0.05) is 54.3 Å². The van der Waals surface area contributed by atoms with Crippen molar-refractivity contribution in [1.29, 1.82) is 0 Å². The lowest BCUT2D eigenvalue weighted by Gasteiger charge is -2.53. The van der Waals surface area contributed by atoms with Crippen LogP contribution < -0.4 is 10.6 Å². The van der Waals surface area contributed by atoms with Gasteiger partial charge in [0.05, 0.1) is 6.10 Å². The van der Waals surface area contributed by atoms with Crippen LogP contribution in [0.15, 0.2) is 11.1 Å². The van der Waals surface area contributed by atoms with Gasteiger partial charge in [-0.15, -0.1) is 0 Å². The number of hydrogen-bond donors (Lipinski definition) is 2. The fourth-order valence-corrected chi connectivity index (χ4v) is 15.0. The minimum atomic E-state index is -0.762. The molecule has 6 fully saturated rings. The van der Waals surface area contributed by atoms with Gasteiger partial charge in [-0.3, -0.25) is 14.4 Å². The molecule has 11 nitrogen and oxygen atoms in total. The Labute approximate surface area is 353 Å². The smallest absolute Gasteiger partial charge is 0.334 e. The molecule has 3 aliphatic carbocycles. The van der Waals surface area contributed by atoms with Crippen molar-refractivity contribution in [2.24, 2.45) is 17.3 Å². The molecule has 2 saturated carbocycles. The molecule has 0 aromatic rings. The number of carbonyl (C=O) groups excluding carboxylic acids is 4. The Morgan fingerprint density at radius 2 is 1.50 bits per heavy atom. The van der Waals surface area contributed by atoms with Crippen molar-refractivity contribution in [2.45, 2.75) is 202 Å². The van der Waals surface area contributed by atoms with Crippen LogP contribution in [0.1, 0.15) is 156 Å². The van der Waals surface area contributed by atoms with E-state index in [0.717, 1.165) is 61.5 Å². The number of unbranched alkanes of at least 4 members (excludes halogenated alkanes) is 10. The number of hydrogen-bond acceptors (Lipinski definition) is 11. The maximum atomic E-state index is 13.5. The Morgan fingerprint density at radius 1 is 0.828 bits per heavy atom. The van der Waals surface area contributed by atoms with E-state index in [1.807, 2.05) is 21.6 Å². The van der Waals surface area contributed by atoms with E-state index in [2.05, 4.69) is 31.4 Å². The highest BCUT2D eigenvalue weighted by Gasteiger charge is 3.01. The summed E-state index contributed by atoms with van der Waals surface area (Å²) < 4.78 is 31.9. The topological polar surface area (TPSA) is 148 Å². The second-order valence-electron chi connectivity index (χ2n) is 19.0. The van der Waals surface area contributed by atoms with Gasteiger partial charge in [0.25, 0.3) is 0 Å². The predicted octanol–water partition coefficient (Wildman–Crippen LogP) is 7.67. The molecule has 324 valence electrons. The van der Waals surface area contributed by atoms with Gasteiger partial charge in [-0.1, -0.05) is 100 Å². The van der Waals surface area contributed by atoms with Crippen molar-refractivity contribution in [3.8, 4) is 0 Å². The SMILES string of the molecule is CC(C)C12OC1C1OC13C1(C)CCC4=C(COC4=O)C1CC1OC13C2OC(=O)CCCC(=O)NCCCCCCCCCCCCNC(=O)CCCCC1CCSS1. The highest BCUT2D eigenvalue weighted by atomic mass is 33.1. The first-order chi connectivity index (χ1) is 28.1. The van der Waals surface area contributed by atoms with Crippen molar-refractivity contribution < 1.29 is 42.9 Å². The van der Waals surface area contributed by atoms with Crippen molar-refractivity contribution in [1.82, 2.24) is 10.6 Å². The Morgan fingerprint density at radius 3 is 2.16 bits per heavy atom. The van der Waals surface area contributed by atoms with Gasteiger partial charge < -0.3 is 34.3 Å². The summed E-state index contributed by atoms with van der Waals surface area (Å²) in [5, 5.41) is 6.94. The zero-order valence-corrected chi connectivity index (χ0v) is 36.8. The van der Waals surface area contributed by atoms with Crippen molar-refractivity contribution in [2.75, 3.05) is 25.4 Å². The Balaban J connectivity index is 0.663. The van der Waals surface area contributed by atoms with Crippen LogP contribution in [0.3, 0.4) is 0 Å². The van der Waals surface area contributed by atoms with Gasteiger partial charge in [0.15, 0.2) is 11.7 Å². The third kappa shape index (κ3) is 7.92. The number of rotatable bonds is 24. The summed E-state index contributed by atoms with van der Waals surface area (Å²) in [5.41, 5.74) is -0.378. The number of amides is 2. The second kappa shape index (κ2) is 17.9. The van der Waals surface area contributed by atoms with E-state index in [-0.39, 0.29) is 72.2 Å². The van der Waals surface area contributed by atoms with E-state index in [1.54, 1.807) is 0 Å². The van der Waals surface area contributed by atoms with Crippen LogP contribution in [-0.2, 0) is 42.9 Å². The molecular weight excluding hydrogens is 777 g/mol. The van der Waals surface area contributed by atoms with Crippen LogP contribution >= 0.6 is 21.6 Å². The number of ether oxygens (including phenoxy) is 5. The average molecular weight is 845 g/mol. The average Bonchev–Trinajstić information content (AvgIpc) is 4.15. The first-order valence-corrected chi connectivity index (χ1v) is 25.4. The molecule has 2 N–H and O–H groups in total. The van der Waals surface area contributed by atoms with E-state index in [9.17, 15) is 19.2 Å². The molecule has 2 amide bonds. The summed E-state index contributed by atoms with van der Waals surface area (Å²) in [7, 11) is 4.02. The first-order valence-electron chi connectivity index (χ1n) is 23.0. The lowest BCUT2D eigenvalue weighted by molar-refractivity contribution is -0.169. The molecule has 8 rings (SSSR count). The van der Waals surface area contributed by atoms with Crippen LogP contribution in [0.4, 0.5) is 0 Å². The molecule has 0 bridgehead atoms. The molecule has 0 aromatic heterocycles. The number of cyclic esters (lactones) is 1. The maximum Gasteiger partial charge on any atom is 0.334 e. The van der Waals surface area contributed by atoms with Gasteiger partial charge in [0.1, 0.15) is 30.0 Å². The number of carbonyl (C=O) groups is 4. The fraction of sp³-hybridized carbons (Fsp3) is 0.867. The van der Waals surface area contributed by atoms with Crippen molar-refractivity contribution >= 4 is 45.3 Å². The van der Waals surface area contributed by atoms with Crippen LogP contribution in [0, 0.1) is 17.3 Å². The maximum absolute atomic E-state index is 13.5. The third-order valence-corrected chi connectivity index (χ3v) is 18.3. The molecular formula is C45H68N2O9S2. The van der Waals surface area contributed by atoms with E-state index in [1.165, 1.54) is 70.0 Å². The molecule has 5 aliphatic heterocycles. The predicted molar refractivity (Wildman–Crippen MR) is 224 cm³/mol. The molecule has 58 heavy (non-hydrogen) atoms. The fourth-order valence-electron chi connectivity index (χ4n) is 11.9. The summed E-state index contributed by atoms with van der Waals surface area (Å²) in [6, 6.07) is 0. The molecule has 13 heteroatoms. The lowest BCUT2D eigenvalue weighted by atomic mass is 9.46. The standard InChI is InChI=1S/C45H68N2O9S2/c1-29(2)43-38(55-43)39-45(56-39)42(3)23-21-31-32(28-52-40(31)51)33(42)27-34-44(45,54-34)41(43)53-37(50)20-16-19-36(49)47-25-15-11-9-7-5-4-6-8-10-14-24-46-35(48)18-13-12-17-30-22-26-57-58-30/h29-30,33-34,38-39,41H,4-28H2,1-3H3,(H,46,48)(H,47,49). The Bertz CT molecular complexity index is 1590. The summed E-state index contributed by atoms with van der Waals surface area (Å²) in [4.78, 5) is 50.7. The molecule has 5 heterocycles. The lowest BCUT2D eigenvalue weighted by Crippen LogP contribution is -2.70. The zero-order valence-electron chi connectivity index (χ0n) is 35.2. The molecule has 0 radical (unpaired) electrons. The van der Waals surface area contributed by atoms with Crippen LogP contribution in [0.5, 0.6) is 0 Å². The summed E-state index contributed by atoms with van der Waals surface area (Å²) in [5.74, 6) is 1.19. The van der Waals surface area contributed by atoms with E-state index >= 15 is 0 Å². The van der Waals surface area contributed by atoms with E-state index < -0.39 is 22.9 Å².